The third-order valence-electron chi connectivity index (χ3n) is 7.36. The number of halogens is 1. The zero-order valence-electron chi connectivity index (χ0n) is 20.3. The summed E-state index contributed by atoms with van der Waals surface area (Å²) < 4.78 is 15.4. The van der Waals surface area contributed by atoms with Crippen molar-refractivity contribution in [2.75, 3.05) is 23.3 Å². The van der Waals surface area contributed by atoms with Crippen molar-refractivity contribution >= 4 is 17.4 Å². The van der Waals surface area contributed by atoms with Gasteiger partial charge in [-0.3, -0.25) is 9.30 Å². The van der Waals surface area contributed by atoms with Crippen LogP contribution >= 0.6 is 0 Å². The minimum absolute atomic E-state index is 0.0132. The Morgan fingerprint density at radius 3 is 2.54 bits per heavy atom. The van der Waals surface area contributed by atoms with Crippen LogP contribution in [0.2, 0.25) is 0 Å². The Morgan fingerprint density at radius 1 is 0.971 bits per heavy atom. The summed E-state index contributed by atoms with van der Waals surface area (Å²) in [4.78, 5) is 19.3. The lowest BCUT2D eigenvalue weighted by Crippen LogP contribution is -2.49. The van der Waals surface area contributed by atoms with E-state index in [0.717, 1.165) is 47.3 Å². The maximum absolute atomic E-state index is 13.3. The van der Waals surface area contributed by atoms with Gasteiger partial charge in [0.1, 0.15) is 17.3 Å². The third-order valence-corrected chi connectivity index (χ3v) is 7.36. The van der Waals surface area contributed by atoms with Gasteiger partial charge in [0.05, 0.1) is 5.69 Å². The molecule has 2 fully saturated rings. The van der Waals surface area contributed by atoms with Crippen LogP contribution in [0.25, 0.3) is 16.9 Å². The molecule has 0 amide bonds. The van der Waals surface area contributed by atoms with Crippen LogP contribution < -0.4 is 10.2 Å². The number of fused-ring (bicyclic) bond motifs is 3. The van der Waals surface area contributed by atoms with Crippen molar-refractivity contribution in [3.63, 3.8) is 0 Å². The predicted molar refractivity (Wildman–Crippen MR) is 136 cm³/mol. The fraction of sp³-hybridized carbons (Fsp3) is 0.370. The second kappa shape index (κ2) is 8.61. The van der Waals surface area contributed by atoms with Crippen molar-refractivity contribution in [3.8, 4) is 11.3 Å². The van der Waals surface area contributed by atoms with E-state index >= 15 is 0 Å². The molecule has 0 spiro atoms. The highest BCUT2D eigenvalue weighted by molar-refractivity contribution is 5.68. The van der Waals surface area contributed by atoms with E-state index in [-0.39, 0.29) is 11.9 Å². The summed E-state index contributed by atoms with van der Waals surface area (Å²) in [6.45, 7) is 8.67. The van der Waals surface area contributed by atoms with E-state index in [1.165, 1.54) is 18.6 Å². The maximum Gasteiger partial charge on any atom is 0.212 e. The van der Waals surface area contributed by atoms with E-state index in [4.69, 9.17) is 4.98 Å². The largest absolute Gasteiger partial charge is 0.364 e. The summed E-state index contributed by atoms with van der Waals surface area (Å²) >= 11 is 0. The number of aromatic nitrogens is 4. The second-order valence-corrected chi connectivity index (χ2v) is 9.93. The highest BCUT2D eigenvalue weighted by Crippen LogP contribution is 2.36. The number of hydrogen-bond acceptors (Lipinski definition) is 6. The number of imidazole rings is 1. The first kappa shape index (κ1) is 22.0. The summed E-state index contributed by atoms with van der Waals surface area (Å²) in [5, 5.41) is 3.43. The third kappa shape index (κ3) is 4.01. The van der Waals surface area contributed by atoms with Crippen LogP contribution in [0.4, 0.5) is 16.2 Å². The highest BCUT2D eigenvalue weighted by atomic mass is 19.1. The molecule has 2 bridgehead atoms. The highest BCUT2D eigenvalue weighted by Gasteiger charge is 2.45. The number of nitrogens with one attached hydrogen (secondary N) is 1. The van der Waals surface area contributed by atoms with E-state index in [2.05, 4.69) is 43.3 Å². The molecule has 35 heavy (non-hydrogen) atoms. The molecule has 3 aromatic heterocycles. The normalized spacial score (nSPS) is 20.8. The molecule has 0 aliphatic carbocycles. The Balaban J connectivity index is 1.30. The fourth-order valence-corrected chi connectivity index (χ4v) is 5.56. The van der Waals surface area contributed by atoms with Crippen molar-refractivity contribution in [2.45, 2.75) is 51.4 Å². The van der Waals surface area contributed by atoms with E-state index < -0.39 is 0 Å². The van der Waals surface area contributed by atoms with Crippen LogP contribution in [0.5, 0.6) is 0 Å². The van der Waals surface area contributed by atoms with Gasteiger partial charge in [0, 0.05) is 67.5 Å². The van der Waals surface area contributed by atoms with Crippen molar-refractivity contribution < 1.29 is 4.39 Å². The Morgan fingerprint density at radius 2 is 1.80 bits per heavy atom. The Hall–Kier alpha value is -3.52. The number of pyridine rings is 1. The lowest BCUT2D eigenvalue weighted by molar-refractivity contribution is 0.190. The molecule has 3 atom stereocenters. The van der Waals surface area contributed by atoms with E-state index in [1.54, 1.807) is 18.3 Å². The molecular weight excluding hydrogens is 441 g/mol. The summed E-state index contributed by atoms with van der Waals surface area (Å²) in [5.74, 6) is 1.47. The van der Waals surface area contributed by atoms with Crippen molar-refractivity contribution in [1.29, 1.82) is 0 Å². The van der Waals surface area contributed by atoms with Gasteiger partial charge in [-0.1, -0.05) is 12.1 Å². The Kier molecular flexibility index (Phi) is 5.40. The topological polar surface area (TPSA) is 61.6 Å². The van der Waals surface area contributed by atoms with Crippen molar-refractivity contribution in [2.24, 2.45) is 0 Å². The van der Waals surface area contributed by atoms with Crippen LogP contribution in [0.15, 0.2) is 61.1 Å². The zero-order valence-corrected chi connectivity index (χ0v) is 20.3. The van der Waals surface area contributed by atoms with Gasteiger partial charge in [-0.25, -0.2) is 19.3 Å². The maximum atomic E-state index is 13.3. The van der Waals surface area contributed by atoms with Crippen LogP contribution in [-0.2, 0) is 0 Å². The Labute approximate surface area is 204 Å². The molecule has 1 N–H and O–H groups in total. The number of rotatable bonds is 6. The number of nitrogens with zero attached hydrogens (tertiary/aromatic N) is 6. The molecule has 4 aromatic rings. The van der Waals surface area contributed by atoms with Crippen LogP contribution in [0, 0.1) is 5.82 Å². The van der Waals surface area contributed by atoms with Gasteiger partial charge in [0.15, 0.2) is 0 Å². The molecular formula is C27H30FN7. The summed E-state index contributed by atoms with van der Waals surface area (Å²) in [5.41, 5.74) is 3.74. The average molecular weight is 472 g/mol. The standard InChI is InChI=1S/C27H30FN7/c1-17(2)34-15-23-13-22(34)16-35(23)27-32-24(14-26-30-10-11-33(26)27)20-8-9-29-25(12-20)31-18(3)19-4-6-21(28)7-5-19/h4-12,14,17-18,22-23H,13,15-16H2,1-3H3,(H,29,31)/t18?,22?,23-/m0/s1. The fourth-order valence-electron chi connectivity index (χ4n) is 5.56. The quantitative estimate of drug-likeness (QED) is 0.437. The van der Waals surface area contributed by atoms with Gasteiger partial charge < -0.3 is 10.2 Å². The van der Waals surface area contributed by atoms with Crippen LogP contribution in [0.3, 0.4) is 0 Å². The Bertz CT molecular complexity index is 1350. The van der Waals surface area contributed by atoms with Gasteiger partial charge in [0.25, 0.3) is 0 Å². The molecule has 2 saturated heterocycles. The number of hydrogen-bond donors (Lipinski definition) is 1. The average Bonchev–Trinajstić information content (AvgIpc) is 3.60. The van der Waals surface area contributed by atoms with Gasteiger partial charge in [0.2, 0.25) is 5.95 Å². The first-order valence-corrected chi connectivity index (χ1v) is 12.3. The number of anilines is 2. The monoisotopic (exact) mass is 471 g/mol. The van der Waals surface area contributed by atoms with E-state index in [9.17, 15) is 4.39 Å². The molecule has 2 aliphatic heterocycles. The molecule has 180 valence electrons. The summed E-state index contributed by atoms with van der Waals surface area (Å²) in [6.07, 6.45) is 6.82. The summed E-state index contributed by atoms with van der Waals surface area (Å²) in [6, 6.07) is 14.2. The zero-order chi connectivity index (χ0) is 24.1. The molecule has 5 heterocycles. The van der Waals surface area contributed by atoms with Crippen LogP contribution in [0.1, 0.15) is 38.8 Å². The summed E-state index contributed by atoms with van der Waals surface area (Å²) in [7, 11) is 0. The molecule has 0 saturated carbocycles. The lowest BCUT2D eigenvalue weighted by atomic mass is 10.1. The van der Waals surface area contributed by atoms with E-state index in [0.29, 0.717) is 18.1 Å². The molecule has 6 rings (SSSR count). The predicted octanol–water partition coefficient (Wildman–Crippen LogP) is 4.77. The first-order chi connectivity index (χ1) is 17.0. The van der Waals surface area contributed by atoms with Gasteiger partial charge in [-0.05, 0) is 57.0 Å². The minimum atomic E-state index is -0.236. The molecule has 0 radical (unpaired) electrons. The van der Waals surface area contributed by atoms with Gasteiger partial charge in [-0.2, -0.15) is 0 Å². The van der Waals surface area contributed by atoms with Crippen LogP contribution in [-0.4, -0.2) is 55.5 Å². The number of benzene rings is 1. The first-order valence-electron chi connectivity index (χ1n) is 12.3. The molecule has 2 unspecified atom stereocenters. The second-order valence-electron chi connectivity index (χ2n) is 9.93. The minimum Gasteiger partial charge on any atom is -0.364 e. The molecule has 8 heteroatoms. The van der Waals surface area contributed by atoms with Crippen molar-refractivity contribution in [1.82, 2.24) is 24.3 Å². The SMILES string of the molecule is CC(Nc1cc(-c2cc3nccn3c(N3CC4C[C@H]3CN4C(C)C)n2)ccn1)c1ccc(F)cc1. The lowest BCUT2D eigenvalue weighted by Gasteiger charge is -2.37. The molecule has 2 aliphatic rings. The van der Waals surface area contributed by atoms with Gasteiger partial charge >= 0.3 is 0 Å². The molecule has 1 aromatic carbocycles. The van der Waals surface area contributed by atoms with Gasteiger partial charge in [-0.15, -0.1) is 0 Å². The number of piperazine rings is 1. The smallest absolute Gasteiger partial charge is 0.212 e. The van der Waals surface area contributed by atoms with E-state index in [1.807, 2.05) is 37.5 Å². The molecule has 7 nitrogen and oxygen atoms in total. The number of likely N-dealkylation sites (tertiary alicyclic amines) is 1. The van der Waals surface area contributed by atoms with Crippen molar-refractivity contribution in [3.05, 3.63) is 72.4 Å².